The standard InChI is InChI=1S/C22H26N2O4/c1-22(2,3)16-8-4-15(5-9-16)21(27)23-17-10-6-14(7-11-17)20(26)18-12-28-13-19(25)24-18/h4-11,18,20,26H,12-13H2,1-3H3,(H,23,27)(H,24,25)/t18-,20?/m1/s1. The maximum atomic E-state index is 12.5. The highest BCUT2D eigenvalue weighted by Crippen LogP contribution is 2.23. The molecule has 0 radical (unpaired) electrons. The third kappa shape index (κ3) is 4.77. The number of morpholine rings is 1. The van der Waals surface area contributed by atoms with Crippen molar-refractivity contribution >= 4 is 17.5 Å². The fourth-order valence-electron chi connectivity index (χ4n) is 3.06. The molecule has 0 saturated carbocycles. The first kappa shape index (κ1) is 20.0. The van der Waals surface area contributed by atoms with Crippen molar-refractivity contribution < 1.29 is 19.4 Å². The lowest BCUT2D eigenvalue weighted by Crippen LogP contribution is -2.48. The van der Waals surface area contributed by atoms with Crippen LogP contribution >= 0.6 is 0 Å². The van der Waals surface area contributed by atoms with Gasteiger partial charge in [-0.15, -0.1) is 0 Å². The van der Waals surface area contributed by atoms with Crippen molar-refractivity contribution in [3.05, 3.63) is 65.2 Å². The molecule has 1 aliphatic heterocycles. The lowest BCUT2D eigenvalue weighted by Gasteiger charge is -2.28. The van der Waals surface area contributed by atoms with E-state index in [-0.39, 0.29) is 30.4 Å². The molecule has 148 valence electrons. The maximum Gasteiger partial charge on any atom is 0.255 e. The van der Waals surface area contributed by atoms with E-state index in [2.05, 4.69) is 31.4 Å². The van der Waals surface area contributed by atoms with Gasteiger partial charge in [0.15, 0.2) is 0 Å². The molecule has 1 saturated heterocycles. The predicted octanol–water partition coefficient (Wildman–Crippen LogP) is 2.78. The van der Waals surface area contributed by atoms with E-state index in [1.54, 1.807) is 24.3 Å². The number of hydrogen-bond donors (Lipinski definition) is 3. The zero-order valence-electron chi connectivity index (χ0n) is 16.4. The summed E-state index contributed by atoms with van der Waals surface area (Å²) in [5.41, 5.74) is 3.06. The number of anilines is 1. The molecule has 3 rings (SSSR count). The van der Waals surface area contributed by atoms with Crippen LogP contribution in [0.25, 0.3) is 0 Å². The molecule has 3 N–H and O–H groups in total. The van der Waals surface area contributed by atoms with Crippen LogP contribution in [0.1, 0.15) is 48.4 Å². The second kappa shape index (κ2) is 8.12. The van der Waals surface area contributed by atoms with Crippen LogP contribution in [0.15, 0.2) is 48.5 Å². The second-order valence-electron chi connectivity index (χ2n) is 8.04. The molecule has 2 aromatic carbocycles. The quantitative estimate of drug-likeness (QED) is 0.759. The number of amides is 2. The molecule has 1 fully saturated rings. The molecule has 0 aromatic heterocycles. The zero-order chi connectivity index (χ0) is 20.3. The molecular weight excluding hydrogens is 356 g/mol. The number of aliphatic hydroxyl groups is 1. The van der Waals surface area contributed by atoms with Crippen molar-refractivity contribution in [1.29, 1.82) is 0 Å². The van der Waals surface area contributed by atoms with Gasteiger partial charge < -0.3 is 20.5 Å². The van der Waals surface area contributed by atoms with Crippen LogP contribution in [0.4, 0.5) is 5.69 Å². The molecule has 1 aliphatic rings. The van der Waals surface area contributed by atoms with Gasteiger partial charge in [0.25, 0.3) is 5.91 Å². The van der Waals surface area contributed by atoms with Crippen LogP contribution in [0, 0.1) is 0 Å². The highest BCUT2D eigenvalue weighted by atomic mass is 16.5. The molecule has 2 aromatic rings. The van der Waals surface area contributed by atoms with Crippen LogP contribution in [0.3, 0.4) is 0 Å². The normalized spacial score (nSPS) is 18.3. The zero-order valence-corrected chi connectivity index (χ0v) is 16.4. The van der Waals surface area contributed by atoms with Gasteiger partial charge in [-0.2, -0.15) is 0 Å². The number of aliphatic hydroxyl groups excluding tert-OH is 1. The lowest BCUT2D eigenvalue weighted by molar-refractivity contribution is -0.133. The van der Waals surface area contributed by atoms with Gasteiger partial charge in [0.05, 0.1) is 12.6 Å². The van der Waals surface area contributed by atoms with Crippen molar-refractivity contribution in [2.45, 2.75) is 38.3 Å². The molecule has 6 nitrogen and oxygen atoms in total. The summed E-state index contributed by atoms with van der Waals surface area (Å²) in [6.45, 7) is 6.66. The van der Waals surface area contributed by atoms with Crippen molar-refractivity contribution in [1.82, 2.24) is 5.32 Å². The average Bonchev–Trinajstić information content (AvgIpc) is 2.67. The molecular formula is C22H26N2O4. The summed E-state index contributed by atoms with van der Waals surface area (Å²) in [6.07, 6.45) is -0.876. The second-order valence-corrected chi connectivity index (χ2v) is 8.04. The minimum absolute atomic E-state index is 0.0188. The summed E-state index contributed by atoms with van der Waals surface area (Å²) < 4.78 is 5.16. The topological polar surface area (TPSA) is 87.7 Å². The molecule has 1 heterocycles. The number of rotatable bonds is 4. The number of carbonyl (C=O) groups is 2. The molecule has 6 heteroatoms. The van der Waals surface area contributed by atoms with Gasteiger partial charge in [0, 0.05) is 11.3 Å². The summed E-state index contributed by atoms with van der Waals surface area (Å²) in [7, 11) is 0. The summed E-state index contributed by atoms with van der Waals surface area (Å²) in [5, 5.41) is 16.0. The third-order valence-corrected chi connectivity index (χ3v) is 4.78. The van der Waals surface area contributed by atoms with Gasteiger partial charge in [-0.25, -0.2) is 0 Å². The Hall–Kier alpha value is -2.70. The number of nitrogens with one attached hydrogen (secondary N) is 2. The van der Waals surface area contributed by atoms with Crippen LogP contribution in [-0.4, -0.2) is 36.2 Å². The van der Waals surface area contributed by atoms with E-state index in [0.717, 1.165) is 0 Å². The Balaban J connectivity index is 1.63. The smallest absolute Gasteiger partial charge is 0.255 e. The van der Waals surface area contributed by atoms with E-state index in [0.29, 0.717) is 16.8 Å². The highest BCUT2D eigenvalue weighted by Gasteiger charge is 2.26. The molecule has 28 heavy (non-hydrogen) atoms. The van der Waals surface area contributed by atoms with Crippen LogP contribution < -0.4 is 10.6 Å². The van der Waals surface area contributed by atoms with Gasteiger partial charge in [0.2, 0.25) is 5.91 Å². The van der Waals surface area contributed by atoms with Crippen molar-refractivity contribution in [3.63, 3.8) is 0 Å². The Morgan fingerprint density at radius 2 is 1.79 bits per heavy atom. The Morgan fingerprint density at radius 3 is 2.36 bits per heavy atom. The molecule has 0 bridgehead atoms. The van der Waals surface area contributed by atoms with Gasteiger partial charge >= 0.3 is 0 Å². The number of ether oxygens (including phenoxy) is 1. The van der Waals surface area contributed by atoms with E-state index in [1.807, 2.05) is 24.3 Å². The van der Waals surface area contributed by atoms with Crippen molar-refractivity contribution in [3.8, 4) is 0 Å². The van der Waals surface area contributed by atoms with Gasteiger partial charge in [-0.3, -0.25) is 9.59 Å². The van der Waals surface area contributed by atoms with Crippen LogP contribution in [-0.2, 0) is 14.9 Å². The van der Waals surface area contributed by atoms with E-state index in [4.69, 9.17) is 4.74 Å². The molecule has 1 unspecified atom stereocenters. The summed E-state index contributed by atoms with van der Waals surface area (Å²) in [4.78, 5) is 23.9. The average molecular weight is 382 g/mol. The van der Waals surface area contributed by atoms with Crippen LogP contribution in [0.5, 0.6) is 0 Å². The van der Waals surface area contributed by atoms with Crippen molar-refractivity contribution in [2.24, 2.45) is 0 Å². The molecule has 2 atom stereocenters. The Kier molecular flexibility index (Phi) is 5.82. The monoisotopic (exact) mass is 382 g/mol. The van der Waals surface area contributed by atoms with Gasteiger partial charge in [0.1, 0.15) is 12.7 Å². The Labute approximate surface area is 164 Å². The fraction of sp³-hybridized carbons (Fsp3) is 0.364. The molecule has 0 aliphatic carbocycles. The largest absolute Gasteiger partial charge is 0.386 e. The third-order valence-electron chi connectivity index (χ3n) is 4.78. The van der Waals surface area contributed by atoms with E-state index in [1.165, 1.54) is 5.56 Å². The van der Waals surface area contributed by atoms with Gasteiger partial charge in [-0.1, -0.05) is 45.0 Å². The first-order valence-corrected chi connectivity index (χ1v) is 9.31. The van der Waals surface area contributed by atoms with Crippen LogP contribution in [0.2, 0.25) is 0 Å². The predicted molar refractivity (Wildman–Crippen MR) is 107 cm³/mol. The van der Waals surface area contributed by atoms with E-state index < -0.39 is 12.1 Å². The lowest BCUT2D eigenvalue weighted by atomic mass is 9.87. The summed E-state index contributed by atoms with van der Waals surface area (Å²) in [6, 6.07) is 14.0. The number of benzene rings is 2. The minimum atomic E-state index is -0.876. The molecule has 2 amide bonds. The Morgan fingerprint density at radius 1 is 1.14 bits per heavy atom. The fourth-order valence-corrected chi connectivity index (χ4v) is 3.06. The maximum absolute atomic E-state index is 12.5. The number of hydrogen-bond acceptors (Lipinski definition) is 4. The number of carbonyl (C=O) groups excluding carboxylic acids is 2. The van der Waals surface area contributed by atoms with Crippen molar-refractivity contribution in [2.75, 3.05) is 18.5 Å². The summed E-state index contributed by atoms with van der Waals surface area (Å²) in [5.74, 6) is -0.432. The summed E-state index contributed by atoms with van der Waals surface area (Å²) >= 11 is 0. The SMILES string of the molecule is CC(C)(C)c1ccc(C(=O)Nc2ccc(C(O)[C@H]3COCC(=O)N3)cc2)cc1. The highest BCUT2D eigenvalue weighted by molar-refractivity contribution is 6.04. The first-order valence-electron chi connectivity index (χ1n) is 9.31. The first-order chi connectivity index (χ1) is 13.2. The van der Waals surface area contributed by atoms with E-state index >= 15 is 0 Å². The Bertz CT molecular complexity index is 838. The van der Waals surface area contributed by atoms with E-state index in [9.17, 15) is 14.7 Å². The molecule has 0 spiro atoms. The minimum Gasteiger partial charge on any atom is -0.386 e. The van der Waals surface area contributed by atoms with Gasteiger partial charge in [-0.05, 0) is 40.8 Å².